The van der Waals surface area contributed by atoms with Crippen LogP contribution in [0.15, 0.2) is 57.7 Å². The average molecular weight is 444 g/mol. The Morgan fingerprint density at radius 2 is 1.62 bits per heavy atom. The standard InChI is InChI=1S/C22H20O10/c1-29-11-4-2-10(3-5-11)15-9-14(23)13-7-6-12(8-16(13)31-15)30-22-19(26)17(24)18(25)20(32-22)21(27)28/h2-9,17-20,22,24-26H,1H3,(H,27,28)/t17-,18-,19+,20-,22?/m0/s1. The summed E-state index contributed by atoms with van der Waals surface area (Å²) in [7, 11) is 1.54. The third kappa shape index (κ3) is 4.04. The van der Waals surface area contributed by atoms with Gasteiger partial charge in [0.1, 0.15) is 41.2 Å². The molecule has 1 aromatic heterocycles. The normalized spacial score (nSPS) is 25.4. The summed E-state index contributed by atoms with van der Waals surface area (Å²) < 4.78 is 21.6. The highest BCUT2D eigenvalue weighted by atomic mass is 16.7. The number of hydrogen-bond acceptors (Lipinski definition) is 9. The van der Waals surface area contributed by atoms with Crippen LogP contribution in [0.1, 0.15) is 0 Å². The molecule has 3 aromatic rings. The minimum absolute atomic E-state index is 0.0873. The molecule has 1 fully saturated rings. The summed E-state index contributed by atoms with van der Waals surface area (Å²) in [6.07, 6.45) is -8.71. The lowest BCUT2D eigenvalue weighted by Crippen LogP contribution is -2.61. The van der Waals surface area contributed by atoms with E-state index in [0.717, 1.165) is 0 Å². The molecule has 4 rings (SSSR count). The van der Waals surface area contributed by atoms with Gasteiger partial charge in [0.2, 0.25) is 6.29 Å². The maximum absolute atomic E-state index is 12.5. The topological polar surface area (TPSA) is 156 Å². The van der Waals surface area contributed by atoms with E-state index in [9.17, 15) is 24.9 Å². The van der Waals surface area contributed by atoms with Crippen molar-refractivity contribution < 1.29 is 43.8 Å². The van der Waals surface area contributed by atoms with Crippen LogP contribution < -0.4 is 14.9 Å². The van der Waals surface area contributed by atoms with Crippen LogP contribution in [-0.4, -0.2) is 64.2 Å². The molecule has 0 spiro atoms. The van der Waals surface area contributed by atoms with Gasteiger partial charge in [-0.05, 0) is 36.4 Å². The SMILES string of the molecule is COc1ccc(-c2cc(=O)c3ccc(OC4O[C@H](C(=O)O)[C@@H](O)[C@H](O)[C@H]4O)cc3o2)cc1. The van der Waals surface area contributed by atoms with Crippen LogP contribution in [0.2, 0.25) is 0 Å². The minimum atomic E-state index is -1.83. The molecule has 168 valence electrons. The summed E-state index contributed by atoms with van der Waals surface area (Å²) in [5.41, 5.74) is 0.534. The second-order valence-corrected chi connectivity index (χ2v) is 7.21. The molecule has 5 atom stereocenters. The Labute approximate surface area is 180 Å². The summed E-state index contributed by atoms with van der Waals surface area (Å²) in [6, 6.07) is 12.5. The minimum Gasteiger partial charge on any atom is -0.497 e. The van der Waals surface area contributed by atoms with Crippen molar-refractivity contribution in [2.45, 2.75) is 30.7 Å². The number of methoxy groups -OCH3 is 1. The molecule has 0 radical (unpaired) electrons. The number of carboxylic acid groups (broad SMARTS) is 1. The number of aliphatic hydroxyl groups is 3. The van der Waals surface area contributed by atoms with Gasteiger partial charge in [-0.3, -0.25) is 4.79 Å². The van der Waals surface area contributed by atoms with Gasteiger partial charge in [-0.25, -0.2) is 4.79 Å². The highest BCUT2D eigenvalue weighted by Crippen LogP contribution is 2.29. The second kappa shape index (κ2) is 8.60. The molecule has 10 nitrogen and oxygen atoms in total. The van der Waals surface area contributed by atoms with E-state index in [-0.39, 0.29) is 22.1 Å². The van der Waals surface area contributed by atoms with Crippen LogP contribution in [0, 0.1) is 0 Å². The molecule has 0 bridgehead atoms. The molecule has 1 aliphatic rings. The van der Waals surface area contributed by atoms with Crippen LogP contribution in [-0.2, 0) is 9.53 Å². The fourth-order valence-electron chi connectivity index (χ4n) is 3.39. The molecule has 1 aliphatic heterocycles. The van der Waals surface area contributed by atoms with E-state index in [1.807, 2.05) is 0 Å². The van der Waals surface area contributed by atoms with E-state index in [0.29, 0.717) is 17.1 Å². The zero-order valence-corrected chi connectivity index (χ0v) is 16.7. The molecular formula is C22H20O10. The van der Waals surface area contributed by atoms with Crippen LogP contribution in [0.5, 0.6) is 11.5 Å². The third-order valence-corrected chi connectivity index (χ3v) is 5.14. The van der Waals surface area contributed by atoms with Gasteiger partial charge in [-0.15, -0.1) is 0 Å². The van der Waals surface area contributed by atoms with Crippen molar-refractivity contribution in [1.82, 2.24) is 0 Å². The second-order valence-electron chi connectivity index (χ2n) is 7.21. The number of ether oxygens (including phenoxy) is 3. The Kier molecular flexibility index (Phi) is 5.85. The Morgan fingerprint density at radius 1 is 0.938 bits per heavy atom. The molecule has 0 amide bonds. The fourth-order valence-corrected chi connectivity index (χ4v) is 3.39. The van der Waals surface area contributed by atoms with E-state index >= 15 is 0 Å². The molecule has 1 saturated heterocycles. The number of fused-ring (bicyclic) bond motifs is 1. The van der Waals surface area contributed by atoms with Crippen LogP contribution >= 0.6 is 0 Å². The average Bonchev–Trinajstić information content (AvgIpc) is 2.79. The fraction of sp³-hybridized carbons (Fsp3) is 0.273. The first-order valence-corrected chi connectivity index (χ1v) is 9.60. The lowest BCUT2D eigenvalue weighted by molar-refractivity contribution is -0.271. The van der Waals surface area contributed by atoms with Crippen LogP contribution in [0.4, 0.5) is 0 Å². The van der Waals surface area contributed by atoms with Gasteiger partial charge in [-0.2, -0.15) is 0 Å². The largest absolute Gasteiger partial charge is 0.497 e. The Morgan fingerprint density at radius 3 is 2.28 bits per heavy atom. The summed E-state index contributed by atoms with van der Waals surface area (Å²) in [5.74, 6) is -0.485. The number of benzene rings is 2. The van der Waals surface area contributed by atoms with Crippen LogP contribution in [0.25, 0.3) is 22.3 Å². The summed E-state index contributed by atoms with van der Waals surface area (Å²) in [4.78, 5) is 23.8. The van der Waals surface area contributed by atoms with Gasteiger partial charge in [0, 0.05) is 17.7 Å². The zero-order chi connectivity index (χ0) is 23.0. The number of rotatable bonds is 5. The lowest BCUT2D eigenvalue weighted by atomic mass is 9.99. The van der Waals surface area contributed by atoms with Gasteiger partial charge < -0.3 is 39.1 Å². The van der Waals surface area contributed by atoms with E-state index < -0.39 is 36.7 Å². The maximum Gasteiger partial charge on any atom is 0.335 e. The molecule has 32 heavy (non-hydrogen) atoms. The van der Waals surface area contributed by atoms with E-state index in [1.165, 1.54) is 31.4 Å². The lowest BCUT2D eigenvalue weighted by Gasteiger charge is -2.38. The van der Waals surface area contributed by atoms with Gasteiger partial charge in [-0.1, -0.05) is 0 Å². The molecule has 2 aromatic carbocycles. The Bertz CT molecular complexity index is 1190. The molecular weight excluding hydrogens is 424 g/mol. The predicted molar refractivity (Wildman–Crippen MR) is 109 cm³/mol. The number of carboxylic acids is 1. The predicted octanol–water partition coefficient (Wildman–Crippen LogP) is 0.740. The van der Waals surface area contributed by atoms with Crippen molar-refractivity contribution >= 4 is 16.9 Å². The van der Waals surface area contributed by atoms with Crippen molar-refractivity contribution in [3.05, 3.63) is 58.8 Å². The summed E-state index contributed by atoms with van der Waals surface area (Å²) in [6.45, 7) is 0. The number of aliphatic carboxylic acids is 1. The number of aliphatic hydroxyl groups excluding tert-OH is 3. The van der Waals surface area contributed by atoms with Gasteiger partial charge >= 0.3 is 5.97 Å². The maximum atomic E-state index is 12.5. The molecule has 4 N–H and O–H groups in total. The Balaban J connectivity index is 1.65. The molecule has 0 aliphatic carbocycles. The first-order chi connectivity index (χ1) is 15.3. The van der Waals surface area contributed by atoms with E-state index in [2.05, 4.69) is 0 Å². The quantitative estimate of drug-likeness (QED) is 0.443. The highest BCUT2D eigenvalue weighted by molar-refractivity contribution is 5.80. The molecule has 0 saturated carbocycles. The smallest absolute Gasteiger partial charge is 0.335 e. The molecule has 1 unspecified atom stereocenters. The molecule has 2 heterocycles. The highest BCUT2D eigenvalue weighted by Gasteiger charge is 2.48. The first kappa shape index (κ1) is 21.8. The van der Waals surface area contributed by atoms with Crippen molar-refractivity contribution in [3.63, 3.8) is 0 Å². The zero-order valence-electron chi connectivity index (χ0n) is 16.7. The van der Waals surface area contributed by atoms with Gasteiger partial charge in [0.05, 0.1) is 12.5 Å². The monoisotopic (exact) mass is 444 g/mol. The van der Waals surface area contributed by atoms with E-state index in [1.54, 1.807) is 24.3 Å². The third-order valence-electron chi connectivity index (χ3n) is 5.14. The van der Waals surface area contributed by atoms with Crippen molar-refractivity contribution in [2.75, 3.05) is 7.11 Å². The molecule has 10 heteroatoms. The summed E-state index contributed by atoms with van der Waals surface area (Å²) in [5, 5.41) is 39.3. The first-order valence-electron chi connectivity index (χ1n) is 9.60. The van der Waals surface area contributed by atoms with Crippen molar-refractivity contribution in [3.8, 4) is 22.8 Å². The van der Waals surface area contributed by atoms with Gasteiger partial charge in [0.25, 0.3) is 0 Å². The van der Waals surface area contributed by atoms with Crippen molar-refractivity contribution in [2.24, 2.45) is 0 Å². The number of carbonyl (C=O) groups is 1. The van der Waals surface area contributed by atoms with E-state index in [4.69, 9.17) is 23.7 Å². The Hall–Kier alpha value is -3.44. The van der Waals surface area contributed by atoms with Crippen molar-refractivity contribution in [1.29, 1.82) is 0 Å². The number of hydrogen-bond donors (Lipinski definition) is 4. The summed E-state index contributed by atoms with van der Waals surface area (Å²) >= 11 is 0. The van der Waals surface area contributed by atoms with Gasteiger partial charge in [0.15, 0.2) is 11.5 Å². The van der Waals surface area contributed by atoms with Crippen LogP contribution in [0.3, 0.4) is 0 Å².